The van der Waals surface area contributed by atoms with Crippen molar-refractivity contribution in [2.45, 2.75) is 12.5 Å². The van der Waals surface area contributed by atoms with Crippen molar-refractivity contribution in [3.05, 3.63) is 35.9 Å². The summed E-state index contributed by atoms with van der Waals surface area (Å²) in [6.45, 7) is 0.677. The van der Waals surface area contributed by atoms with Crippen LogP contribution in [0.4, 0.5) is 4.79 Å². The quantitative estimate of drug-likeness (QED) is 0.502. The average molecular weight is 311 g/mol. The summed E-state index contributed by atoms with van der Waals surface area (Å²) in [7, 11) is 0. The number of carbonyl (C=O) groups is 2. The highest BCUT2D eigenvalue weighted by Gasteiger charge is 2.21. The fraction of sp³-hybridized carbons (Fsp3) is 0.429. The Balaban J connectivity index is 2.47. The van der Waals surface area contributed by atoms with Gasteiger partial charge in [0.05, 0.1) is 0 Å². The highest BCUT2D eigenvalue weighted by atomic mass is 32.2. The van der Waals surface area contributed by atoms with Crippen molar-refractivity contribution in [1.29, 1.82) is 0 Å². The molecule has 6 nitrogen and oxygen atoms in total. The topological polar surface area (TPSA) is 104 Å². The van der Waals surface area contributed by atoms with E-state index in [1.54, 1.807) is 36.0 Å². The zero-order valence-corrected chi connectivity index (χ0v) is 12.6. The zero-order valence-electron chi connectivity index (χ0n) is 11.7. The van der Waals surface area contributed by atoms with Gasteiger partial charge in [0, 0.05) is 18.9 Å². The van der Waals surface area contributed by atoms with Crippen LogP contribution in [0.3, 0.4) is 0 Å². The molecule has 0 fully saturated rings. The van der Waals surface area contributed by atoms with Crippen LogP contribution in [-0.2, 0) is 4.79 Å². The fourth-order valence-corrected chi connectivity index (χ4v) is 2.49. The summed E-state index contributed by atoms with van der Waals surface area (Å²) >= 11 is 1.65. The van der Waals surface area contributed by atoms with Crippen LogP contribution in [-0.4, -0.2) is 41.7 Å². The first-order valence-corrected chi connectivity index (χ1v) is 7.88. The number of rotatable bonds is 9. The van der Waals surface area contributed by atoms with E-state index in [2.05, 4.69) is 10.6 Å². The number of primary amides is 1. The van der Waals surface area contributed by atoms with Crippen molar-refractivity contribution in [3.8, 4) is 0 Å². The Bertz CT molecular complexity index is 442. The third-order valence-corrected chi connectivity index (χ3v) is 3.74. The molecule has 1 aromatic carbocycles. The molecule has 0 aliphatic heterocycles. The molecule has 0 aliphatic rings. The van der Waals surface area contributed by atoms with E-state index in [0.717, 1.165) is 17.9 Å². The largest absolute Gasteiger partial charge is 0.396 e. The van der Waals surface area contributed by atoms with Gasteiger partial charge in [0.1, 0.15) is 6.04 Å². The van der Waals surface area contributed by atoms with E-state index in [9.17, 15) is 9.59 Å². The molecule has 7 heteroatoms. The van der Waals surface area contributed by atoms with Crippen LogP contribution in [0.15, 0.2) is 30.3 Å². The van der Waals surface area contributed by atoms with Gasteiger partial charge >= 0.3 is 6.03 Å². The number of nitrogens with one attached hydrogen (secondary N) is 2. The van der Waals surface area contributed by atoms with Gasteiger partial charge in [0.25, 0.3) is 0 Å². The van der Waals surface area contributed by atoms with Gasteiger partial charge in [-0.2, -0.15) is 11.8 Å². The molecule has 0 heterocycles. The molecule has 0 radical (unpaired) electrons. The minimum absolute atomic E-state index is 0.179. The number of hydrogen-bond donors (Lipinski definition) is 4. The Hall–Kier alpha value is -1.73. The van der Waals surface area contributed by atoms with E-state index in [1.807, 2.05) is 6.07 Å². The van der Waals surface area contributed by atoms with E-state index in [0.29, 0.717) is 12.1 Å². The minimum Gasteiger partial charge on any atom is -0.396 e. The van der Waals surface area contributed by atoms with Crippen LogP contribution >= 0.6 is 11.8 Å². The summed E-state index contributed by atoms with van der Waals surface area (Å²) in [5, 5.41) is 13.9. The summed E-state index contributed by atoms with van der Waals surface area (Å²) in [6, 6.07) is 7.42. The van der Waals surface area contributed by atoms with Crippen molar-refractivity contribution < 1.29 is 14.7 Å². The summed E-state index contributed by atoms with van der Waals surface area (Å²) < 4.78 is 0. The second kappa shape index (κ2) is 10.1. The SMILES string of the molecule is NC(=O)NC(C(=O)NCCSCCCO)c1ccccc1. The Labute approximate surface area is 128 Å². The molecular weight excluding hydrogens is 290 g/mol. The zero-order chi connectivity index (χ0) is 15.5. The maximum Gasteiger partial charge on any atom is 0.313 e. The van der Waals surface area contributed by atoms with Crippen LogP contribution in [0.2, 0.25) is 0 Å². The summed E-state index contributed by atoms with van der Waals surface area (Å²) in [5.74, 6) is 1.32. The van der Waals surface area contributed by atoms with E-state index in [1.165, 1.54) is 0 Å². The first-order valence-electron chi connectivity index (χ1n) is 6.72. The lowest BCUT2D eigenvalue weighted by molar-refractivity contribution is -0.122. The molecular formula is C14H21N3O3S. The molecule has 0 spiro atoms. The number of benzene rings is 1. The third-order valence-electron chi connectivity index (χ3n) is 2.67. The van der Waals surface area contributed by atoms with Gasteiger partial charge in [-0.25, -0.2) is 4.79 Å². The Kier molecular flexibility index (Phi) is 8.30. The molecule has 21 heavy (non-hydrogen) atoms. The predicted octanol–water partition coefficient (Wildman–Crippen LogP) is 0.628. The molecule has 1 rings (SSSR count). The summed E-state index contributed by atoms with van der Waals surface area (Å²) in [4.78, 5) is 23.2. The molecule has 0 saturated carbocycles. The van der Waals surface area contributed by atoms with Crippen molar-refractivity contribution >= 4 is 23.7 Å². The molecule has 1 aromatic rings. The van der Waals surface area contributed by atoms with Crippen LogP contribution in [0.1, 0.15) is 18.0 Å². The molecule has 3 amide bonds. The smallest absolute Gasteiger partial charge is 0.313 e. The number of hydrogen-bond acceptors (Lipinski definition) is 4. The van der Waals surface area contributed by atoms with Crippen LogP contribution < -0.4 is 16.4 Å². The lowest BCUT2D eigenvalue weighted by Crippen LogP contribution is -2.43. The van der Waals surface area contributed by atoms with Gasteiger partial charge in [0.15, 0.2) is 0 Å². The van der Waals surface area contributed by atoms with E-state index in [-0.39, 0.29) is 12.5 Å². The molecule has 0 aromatic heterocycles. The van der Waals surface area contributed by atoms with E-state index < -0.39 is 12.1 Å². The van der Waals surface area contributed by atoms with Crippen LogP contribution in [0, 0.1) is 0 Å². The van der Waals surface area contributed by atoms with Crippen molar-refractivity contribution in [3.63, 3.8) is 0 Å². The number of amides is 3. The fourth-order valence-electron chi connectivity index (χ4n) is 1.71. The molecule has 0 aliphatic carbocycles. The van der Waals surface area contributed by atoms with Crippen molar-refractivity contribution in [2.24, 2.45) is 5.73 Å². The highest BCUT2D eigenvalue weighted by Crippen LogP contribution is 2.12. The monoisotopic (exact) mass is 311 g/mol. The molecule has 116 valence electrons. The second-order valence-electron chi connectivity index (χ2n) is 4.33. The minimum atomic E-state index is -0.786. The van der Waals surface area contributed by atoms with Gasteiger partial charge < -0.3 is 21.5 Å². The molecule has 1 unspecified atom stereocenters. The van der Waals surface area contributed by atoms with E-state index in [4.69, 9.17) is 10.8 Å². The number of thioether (sulfide) groups is 1. The maximum atomic E-state index is 12.1. The Morgan fingerprint density at radius 2 is 1.95 bits per heavy atom. The van der Waals surface area contributed by atoms with Crippen molar-refractivity contribution in [1.82, 2.24) is 10.6 Å². The van der Waals surface area contributed by atoms with Gasteiger partial charge in [-0.1, -0.05) is 30.3 Å². The number of carbonyl (C=O) groups excluding carboxylic acids is 2. The Morgan fingerprint density at radius 3 is 2.57 bits per heavy atom. The Morgan fingerprint density at radius 1 is 1.24 bits per heavy atom. The molecule has 0 saturated heterocycles. The molecule has 5 N–H and O–H groups in total. The second-order valence-corrected chi connectivity index (χ2v) is 5.56. The highest BCUT2D eigenvalue weighted by molar-refractivity contribution is 7.99. The van der Waals surface area contributed by atoms with Gasteiger partial charge in [-0.15, -0.1) is 0 Å². The first kappa shape index (κ1) is 17.3. The number of urea groups is 1. The maximum absolute atomic E-state index is 12.1. The van der Waals surface area contributed by atoms with Crippen LogP contribution in [0.25, 0.3) is 0 Å². The van der Waals surface area contributed by atoms with Gasteiger partial charge in [-0.3, -0.25) is 4.79 Å². The third kappa shape index (κ3) is 7.01. The van der Waals surface area contributed by atoms with Crippen LogP contribution in [0.5, 0.6) is 0 Å². The number of aliphatic hydroxyl groups excluding tert-OH is 1. The normalized spacial score (nSPS) is 11.7. The van der Waals surface area contributed by atoms with E-state index >= 15 is 0 Å². The lowest BCUT2D eigenvalue weighted by atomic mass is 10.1. The van der Waals surface area contributed by atoms with Gasteiger partial charge in [0.2, 0.25) is 5.91 Å². The predicted molar refractivity (Wildman–Crippen MR) is 83.9 cm³/mol. The molecule has 0 bridgehead atoms. The standard InChI is InChI=1S/C14H21N3O3S/c15-14(20)17-12(11-5-2-1-3-6-11)13(19)16-7-10-21-9-4-8-18/h1-3,5-6,12,18H,4,7-10H2,(H,16,19)(H3,15,17,20). The summed E-state index contributed by atoms with van der Waals surface area (Å²) in [6.07, 6.45) is 0.745. The average Bonchev–Trinajstić information content (AvgIpc) is 2.49. The summed E-state index contributed by atoms with van der Waals surface area (Å²) in [5.41, 5.74) is 5.80. The number of aliphatic hydroxyl groups is 1. The molecule has 1 atom stereocenters. The van der Waals surface area contributed by atoms with Crippen molar-refractivity contribution in [2.75, 3.05) is 24.7 Å². The first-order chi connectivity index (χ1) is 10.1. The van der Waals surface area contributed by atoms with Gasteiger partial charge in [-0.05, 0) is 17.7 Å². The lowest BCUT2D eigenvalue weighted by Gasteiger charge is -2.17. The number of nitrogens with two attached hydrogens (primary N) is 1.